The number of ether oxygens (including phenoxy) is 1. The summed E-state index contributed by atoms with van der Waals surface area (Å²) in [5.41, 5.74) is 2.36. The Labute approximate surface area is 127 Å². The number of hydrogen-bond donors (Lipinski definition) is 1. The van der Waals surface area contributed by atoms with Gasteiger partial charge in [0.1, 0.15) is 4.88 Å². The Bertz CT molecular complexity index is 662. The van der Waals surface area contributed by atoms with Crippen molar-refractivity contribution in [1.29, 1.82) is 0 Å². The van der Waals surface area contributed by atoms with Crippen LogP contribution in [0.25, 0.3) is 0 Å². The molecule has 21 heavy (non-hydrogen) atoms. The van der Waals surface area contributed by atoms with E-state index in [1.165, 1.54) is 19.6 Å². The van der Waals surface area contributed by atoms with Gasteiger partial charge in [0.2, 0.25) is 0 Å². The van der Waals surface area contributed by atoms with Crippen molar-refractivity contribution in [3.8, 4) is 0 Å². The highest BCUT2D eigenvalue weighted by molar-refractivity contribution is 7.17. The molecular formula is C15H16N2O3S. The number of Topliss-reactive ketones (excluding diaryl/α,β-unsaturated/α-hetero) is 1. The van der Waals surface area contributed by atoms with Gasteiger partial charge in [-0.25, -0.2) is 9.78 Å². The molecule has 0 aliphatic rings. The lowest BCUT2D eigenvalue weighted by atomic mass is 10.1. The van der Waals surface area contributed by atoms with Crippen LogP contribution in [-0.2, 0) is 11.3 Å². The minimum absolute atomic E-state index is 0.0707. The predicted molar refractivity (Wildman–Crippen MR) is 82.0 cm³/mol. The quantitative estimate of drug-likeness (QED) is 0.679. The number of benzene rings is 1. The summed E-state index contributed by atoms with van der Waals surface area (Å²) in [4.78, 5) is 27.6. The fraction of sp³-hybridized carbons (Fsp3) is 0.267. The molecule has 0 atom stereocenters. The molecule has 0 radical (unpaired) electrons. The van der Waals surface area contributed by atoms with Crippen LogP contribution in [0.15, 0.2) is 24.3 Å². The summed E-state index contributed by atoms with van der Waals surface area (Å²) in [6, 6.07) is 8.09. The van der Waals surface area contributed by atoms with E-state index in [9.17, 15) is 9.59 Å². The lowest BCUT2D eigenvalue weighted by Crippen LogP contribution is -2.07. The van der Waals surface area contributed by atoms with Gasteiger partial charge in [0.25, 0.3) is 0 Å². The van der Waals surface area contributed by atoms with E-state index in [0.717, 1.165) is 16.9 Å². The van der Waals surface area contributed by atoms with E-state index in [0.29, 0.717) is 16.6 Å². The average molecular weight is 304 g/mol. The molecule has 0 aliphatic heterocycles. The van der Waals surface area contributed by atoms with Crippen LogP contribution < -0.4 is 5.32 Å². The van der Waals surface area contributed by atoms with Gasteiger partial charge in [-0.3, -0.25) is 4.79 Å². The van der Waals surface area contributed by atoms with E-state index in [1.54, 1.807) is 0 Å². The zero-order valence-corrected chi connectivity index (χ0v) is 12.9. The number of ketones is 1. The maximum atomic E-state index is 11.6. The Morgan fingerprint density at radius 2 is 1.95 bits per heavy atom. The largest absolute Gasteiger partial charge is 0.464 e. The van der Waals surface area contributed by atoms with Crippen LogP contribution in [0.4, 0.5) is 5.13 Å². The van der Waals surface area contributed by atoms with Gasteiger partial charge in [0.15, 0.2) is 16.6 Å². The number of aromatic nitrogens is 1. The van der Waals surface area contributed by atoms with E-state index in [1.807, 2.05) is 31.2 Å². The maximum Gasteiger partial charge on any atom is 0.358 e. The Balaban J connectivity index is 2.15. The summed E-state index contributed by atoms with van der Waals surface area (Å²) >= 11 is 1.16. The number of nitrogens with one attached hydrogen (secondary N) is 1. The van der Waals surface area contributed by atoms with Crippen molar-refractivity contribution in [2.45, 2.75) is 20.4 Å². The van der Waals surface area contributed by atoms with Crippen molar-refractivity contribution in [2.75, 3.05) is 12.4 Å². The number of aryl methyl sites for hydroxylation is 1. The SMILES string of the molecule is COC(=O)c1nc(NCc2ccc(C)cc2)sc1C(C)=O. The third-order valence-corrected chi connectivity index (χ3v) is 4.00. The second kappa shape index (κ2) is 6.49. The van der Waals surface area contributed by atoms with Crippen molar-refractivity contribution in [2.24, 2.45) is 0 Å². The monoisotopic (exact) mass is 304 g/mol. The van der Waals surface area contributed by atoms with Crippen LogP contribution in [0.5, 0.6) is 0 Å². The second-order valence-electron chi connectivity index (χ2n) is 4.58. The van der Waals surface area contributed by atoms with Gasteiger partial charge in [0.05, 0.1) is 7.11 Å². The van der Waals surface area contributed by atoms with Gasteiger partial charge in [0, 0.05) is 13.5 Å². The summed E-state index contributed by atoms with van der Waals surface area (Å²) in [5.74, 6) is -0.795. The smallest absolute Gasteiger partial charge is 0.358 e. The minimum Gasteiger partial charge on any atom is -0.464 e. The number of nitrogens with zero attached hydrogens (tertiary/aromatic N) is 1. The first kappa shape index (κ1) is 15.2. The topological polar surface area (TPSA) is 68.3 Å². The molecule has 1 heterocycles. The van der Waals surface area contributed by atoms with E-state index in [-0.39, 0.29) is 11.5 Å². The molecule has 1 aromatic heterocycles. The molecule has 2 rings (SSSR count). The number of carbonyl (C=O) groups excluding carboxylic acids is 2. The molecule has 5 nitrogen and oxygen atoms in total. The standard InChI is InChI=1S/C15H16N2O3S/c1-9-4-6-11(7-5-9)8-16-15-17-12(14(19)20-3)13(21-15)10(2)18/h4-7H,8H2,1-3H3,(H,16,17). The zero-order valence-electron chi connectivity index (χ0n) is 12.1. The van der Waals surface area contributed by atoms with Crippen molar-refractivity contribution < 1.29 is 14.3 Å². The highest BCUT2D eigenvalue weighted by atomic mass is 32.1. The fourth-order valence-electron chi connectivity index (χ4n) is 1.75. The molecule has 110 valence electrons. The third-order valence-electron chi connectivity index (χ3n) is 2.89. The van der Waals surface area contributed by atoms with Crippen LogP contribution >= 0.6 is 11.3 Å². The number of esters is 1. The maximum absolute atomic E-state index is 11.6. The molecule has 0 amide bonds. The summed E-state index contributed by atoms with van der Waals surface area (Å²) < 4.78 is 4.64. The molecule has 1 aromatic carbocycles. The number of methoxy groups -OCH3 is 1. The Kier molecular flexibility index (Phi) is 4.70. The van der Waals surface area contributed by atoms with E-state index in [2.05, 4.69) is 15.0 Å². The Morgan fingerprint density at radius 1 is 1.29 bits per heavy atom. The van der Waals surface area contributed by atoms with Crippen LogP contribution in [0.2, 0.25) is 0 Å². The first-order valence-corrected chi connectivity index (χ1v) is 7.22. The predicted octanol–water partition coefficient (Wildman–Crippen LogP) is 3.05. The lowest BCUT2D eigenvalue weighted by molar-refractivity contribution is 0.0591. The normalized spacial score (nSPS) is 10.2. The van der Waals surface area contributed by atoms with E-state index in [4.69, 9.17) is 0 Å². The van der Waals surface area contributed by atoms with Gasteiger partial charge < -0.3 is 10.1 Å². The summed E-state index contributed by atoms with van der Waals surface area (Å²) in [6.07, 6.45) is 0. The number of rotatable bonds is 5. The van der Waals surface area contributed by atoms with Gasteiger partial charge in [-0.05, 0) is 12.5 Å². The number of carbonyl (C=O) groups is 2. The van der Waals surface area contributed by atoms with Gasteiger partial charge in [-0.1, -0.05) is 41.2 Å². The minimum atomic E-state index is -0.597. The molecule has 0 bridgehead atoms. The second-order valence-corrected chi connectivity index (χ2v) is 5.58. The van der Waals surface area contributed by atoms with Crippen LogP contribution in [0, 0.1) is 6.92 Å². The molecule has 0 aliphatic carbocycles. The Morgan fingerprint density at radius 3 is 2.52 bits per heavy atom. The molecule has 1 N–H and O–H groups in total. The average Bonchev–Trinajstić information content (AvgIpc) is 2.90. The summed E-state index contributed by atoms with van der Waals surface area (Å²) in [5, 5.41) is 3.65. The third kappa shape index (κ3) is 3.66. The molecular weight excluding hydrogens is 288 g/mol. The van der Waals surface area contributed by atoms with E-state index >= 15 is 0 Å². The molecule has 0 unspecified atom stereocenters. The van der Waals surface area contributed by atoms with Gasteiger partial charge in [-0.15, -0.1) is 0 Å². The highest BCUT2D eigenvalue weighted by Gasteiger charge is 2.21. The molecule has 6 heteroatoms. The summed E-state index contributed by atoms with van der Waals surface area (Å²) in [6.45, 7) is 4.01. The molecule has 0 saturated carbocycles. The number of thiazole rings is 1. The first-order valence-electron chi connectivity index (χ1n) is 6.40. The molecule has 0 spiro atoms. The van der Waals surface area contributed by atoms with Crippen molar-refractivity contribution in [3.63, 3.8) is 0 Å². The number of anilines is 1. The van der Waals surface area contributed by atoms with Crippen LogP contribution in [0.3, 0.4) is 0 Å². The van der Waals surface area contributed by atoms with Crippen molar-refractivity contribution in [3.05, 3.63) is 46.0 Å². The first-order chi connectivity index (χ1) is 10.0. The molecule has 2 aromatic rings. The summed E-state index contributed by atoms with van der Waals surface area (Å²) in [7, 11) is 1.27. The van der Waals surface area contributed by atoms with Crippen LogP contribution in [0.1, 0.15) is 38.2 Å². The molecule has 0 saturated heterocycles. The van der Waals surface area contributed by atoms with E-state index < -0.39 is 5.97 Å². The lowest BCUT2D eigenvalue weighted by Gasteiger charge is -2.03. The van der Waals surface area contributed by atoms with Crippen LogP contribution in [-0.4, -0.2) is 23.8 Å². The van der Waals surface area contributed by atoms with Crippen molar-refractivity contribution >= 4 is 28.2 Å². The van der Waals surface area contributed by atoms with Crippen molar-refractivity contribution in [1.82, 2.24) is 4.98 Å². The fourth-order valence-corrected chi connectivity index (χ4v) is 2.60. The zero-order chi connectivity index (χ0) is 15.4. The highest BCUT2D eigenvalue weighted by Crippen LogP contribution is 2.24. The van der Waals surface area contributed by atoms with Gasteiger partial charge in [-0.2, -0.15) is 0 Å². The molecule has 0 fully saturated rings. The number of hydrogen-bond acceptors (Lipinski definition) is 6. The van der Waals surface area contributed by atoms with Gasteiger partial charge >= 0.3 is 5.97 Å². The Hall–Kier alpha value is -2.21.